The maximum Gasteiger partial charge on any atom is 0.127 e. The second-order valence-corrected chi connectivity index (χ2v) is 4.17. The quantitative estimate of drug-likeness (QED) is 0.508. The van der Waals surface area contributed by atoms with E-state index in [0.717, 1.165) is 0 Å². The summed E-state index contributed by atoms with van der Waals surface area (Å²) in [5.41, 5.74) is 1.54. The van der Waals surface area contributed by atoms with Crippen LogP contribution in [0.4, 0.5) is 0 Å². The second-order valence-electron chi connectivity index (χ2n) is 4.17. The number of rotatable bonds is 3. The van der Waals surface area contributed by atoms with Crippen molar-refractivity contribution in [3.63, 3.8) is 0 Å². The molecule has 0 aromatic heterocycles. The number of piperazine rings is 1. The van der Waals surface area contributed by atoms with Crippen LogP contribution in [0.2, 0.25) is 0 Å². The molecule has 0 aromatic carbocycles. The van der Waals surface area contributed by atoms with Gasteiger partial charge in [0.15, 0.2) is 0 Å². The first kappa shape index (κ1) is 10.7. The van der Waals surface area contributed by atoms with E-state index in [1.165, 1.54) is 44.8 Å². The molecular formula is C11H24N2+2. The van der Waals surface area contributed by atoms with Crippen molar-refractivity contribution in [2.45, 2.75) is 20.8 Å². The van der Waals surface area contributed by atoms with Gasteiger partial charge in [-0.25, -0.2) is 0 Å². The first-order valence-electron chi connectivity index (χ1n) is 5.55. The van der Waals surface area contributed by atoms with Gasteiger partial charge in [0.1, 0.15) is 26.2 Å². The highest BCUT2D eigenvalue weighted by molar-refractivity contribution is 4.94. The van der Waals surface area contributed by atoms with Gasteiger partial charge in [0.05, 0.1) is 13.1 Å². The highest BCUT2D eigenvalue weighted by atomic mass is 15.3. The summed E-state index contributed by atoms with van der Waals surface area (Å²) in [5, 5.41) is 0. The van der Waals surface area contributed by atoms with E-state index in [9.17, 15) is 0 Å². The Hall–Kier alpha value is -0.340. The molecule has 0 aliphatic carbocycles. The zero-order valence-electron chi connectivity index (χ0n) is 9.32. The van der Waals surface area contributed by atoms with E-state index >= 15 is 0 Å². The lowest BCUT2D eigenvalue weighted by Gasteiger charge is -2.29. The van der Waals surface area contributed by atoms with Crippen LogP contribution in [0, 0.1) is 0 Å². The Morgan fingerprint density at radius 3 is 2.15 bits per heavy atom. The molecule has 0 spiro atoms. The Labute approximate surface area is 82.2 Å². The number of hydrogen-bond donors (Lipinski definition) is 2. The third-order valence-electron chi connectivity index (χ3n) is 3.19. The molecule has 0 bridgehead atoms. The Morgan fingerprint density at radius 1 is 1.15 bits per heavy atom. The highest BCUT2D eigenvalue weighted by Crippen LogP contribution is 1.84. The van der Waals surface area contributed by atoms with Crippen LogP contribution in [-0.4, -0.2) is 39.3 Å². The predicted octanol–water partition coefficient (Wildman–Crippen LogP) is -1.24. The molecule has 0 amide bonds. The monoisotopic (exact) mass is 184 g/mol. The molecule has 0 saturated carbocycles. The van der Waals surface area contributed by atoms with Gasteiger partial charge in [0.25, 0.3) is 0 Å². The van der Waals surface area contributed by atoms with Gasteiger partial charge in [-0.2, -0.15) is 0 Å². The predicted molar refractivity (Wildman–Crippen MR) is 56.2 cm³/mol. The molecule has 0 unspecified atom stereocenters. The smallest absolute Gasteiger partial charge is 0.127 e. The molecule has 2 heteroatoms. The number of allylic oxidation sites excluding steroid dienone is 1. The number of nitrogens with one attached hydrogen (secondary N) is 2. The summed E-state index contributed by atoms with van der Waals surface area (Å²) in [6.45, 7) is 14.7. The SMILES string of the molecule is C/C=C(\C)C[NH+]1CC[NH+](CC)CC1. The van der Waals surface area contributed by atoms with E-state index in [-0.39, 0.29) is 0 Å². The average molecular weight is 184 g/mol. The Morgan fingerprint density at radius 2 is 1.69 bits per heavy atom. The Bertz CT molecular complexity index is 167. The topological polar surface area (TPSA) is 8.88 Å². The maximum absolute atomic E-state index is 2.29. The normalized spacial score (nSPS) is 30.5. The van der Waals surface area contributed by atoms with Crippen LogP contribution in [0.15, 0.2) is 11.6 Å². The van der Waals surface area contributed by atoms with Gasteiger partial charge < -0.3 is 9.80 Å². The van der Waals surface area contributed by atoms with E-state index in [2.05, 4.69) is 26.8 Å². The minimum absolute atomic E-state index is 1.26. The Kier molecular flexibility index (Phi) is 4.46. The van der Waals surface area contributed by atoms with Crippen LogP contribution in [0.1, 0.15) is 20.8 Å². The molecule has 1 saturated heterocycles. The first-order valence-corrected chi connectivity index (χ1v) is 5.55. The molecular weight excluding hydrogens is 160 g/mol. The third-order valence-corrected chi connectivity index (χ3v) is 3.19. The second kappa shape index (κ2) is 5.40. The molecule has 0 radical (unpaired) electrons. The standard InChI is InChI=1S/C11H22N2/c1-4-11(3)10-13-8-6-12(5-2)7-9-13/h4H,5-10H2,1-3H3/p+2/b11-4+. The van der Waals surface area contributed by atoms with Gasteiger partial charge >= 0.3 is 0 Å². The van der Waals surface area contributed by atoms with Crippen molar-refractivity contribution >= 4 is 0 Å². The molecule has 1 aliphatic heterocycles. The minimum atomic E-state index is 1.26. The molecule has 13 heavy (non-hydrogen) atoms. The van der Waals surface area contributed by atoms with E-state index in [1.807, 2.05) is 0 Å². The molecule has 1 fully saturated rings. The van der Waals surface area contributed by atoms with Crippen molar-refractivity contribution in [1.29, 1.82) is 0 Å². The van der Waals surface area contributed by atoms with Crippen LogP contribution < -0.4 is 9.80 Å². The fourth-order valence-corrected chi connectivity index (χ4v) is 1.98. The van der Waals surface area contributed by atoms with Gasteiger partial charge in [-0.05, 0) is 26.3 Å². The van der Waals surface area contributed by atoms with Gasteiger partial charge in [-0.1, -0.05) is 6.08 Å². The fraction of sp³-hybridized carbons (Fsp3) is 0.818. The third kappa shape index (κ3) is 3.49. The fourth-order valence-electron chi connectivity index (χ4n) is 1.98. The lowest BCUT2D eigenvalue weighted by atomic mass is 10.2. The summed E-state index contributed by atoms with van der Waals surface area (Å²) < 4.78 is 0. The zero-order chi connectivity index (χ0) is 9.68. The van der Waals surface area contributed by atoms with Gasteiger partial charge in [-0.15, -0.1) is 0 Å². The van der Waals surface area contributed by atoms with Crippen LogP contribution in [0.3, 0.4) is 0 Å². The van der Waals surface area contributed by atoms with E-state index in [4.69, 9.17) is 0 Å². The van der Waals surface area contributed by atoms with Gasteiger partial charge in [0.2, 0.25) is 0 Å². The van der Waals surface area contributed by atoms with Crippen molar-refractivity contribution in [2.24, 2.45) is 0 Å². The van der Waals surface area contributed by atoms with Crippen LogP contribution in [-0.2, 0) is 0 Å². The van der Waals surface area contributed by atoms with E-state index in [0.29, 0.717) is 0 Å². The molecule has 76 valence electrons. The van der Waals surface area contributed by atoms with Crippen molar-refractivity contribution in [1.82, 2.24) is 0 Å². The van der Waals surface area contributed by atoms with Crippen molar-refractivity contribution in [3.05, 3.63) is 11.6 Å². The van der Waals surface area contributed by atoms with E-state index in [1.54, 1.807) is 9.80 Å². The highest BCUT2D eigenvalue weighted by Gasteiger charge is 2.20. The molecule has 0 aromatic rings. The summed E-state index contributed by atoms with van der Waals surface area (Å²) in [4.78, 5) is 3.55. The lowest BCUT2D eigenvalue weighted by molar-refractivity contribution is -1.01. The molecule has 1 heterocycles. The largest absolute Gasteiger partial charge is 0.326 e. The maximum atomic E-state index is 2.29. The molecule has 2 N–H and O–H groups in total. The summed E-state index contributed by atoms with van der Waals surface area (Å²) in [7, 11) is 0. The Balaban J connectivity index is 2.25. The first-order chi connectivity index (χ1) is 6.26. The molecule has 1 rings (SSSR count). The number of likely N-dealkylation sites (N-methyl/N-ethyl adjacent to an activating group) is 1. The van der Waals surface area contributed by atoms with Crippen LogP contribution >= 0.6 is 0 Å². The summed E-state index contributed by atoms with van der Waals surface area (Å²) >= 11 is 0. The average Bonchev–Trinajstić information content (AvgIpc) is 2.19. The molecule has 0 atom stereocenters. The summed E-state index contributed by atoms with van der Waals surface area (Å²) in [6.07, 6.45) is 2.24. The van der Waals surface area contributed by atoms with Gasteiger partial charge in [-0.3, -0.25) is 0 Å². The summed E-state index contributed by atoms with van der Waals surface area (Å²) in [6, 6.07) is 0. The van der Waals surface area contributed by atoms with Crippen molar-refractivity contribution in [2.75, 3.05) is 39.3 Å². The summed E-state index contributed by atoms with van der Waals surface area (Å²) in [5.74, 6) is 0. The van der Waals surface area contributed by atoms with Gasteiger partial charge in [0, 0.05) is 0 Å². The van der Waals surface area contributed by atoms with Crippen molar-refractivity contribution in [3.8, 4) is 0 Å². The lowest BCUT2D eigenvalue weighted by Crippen LogP contribution is -3.28. The number of hydrogen-bond acceptors (Lipinski definition) is 0. The minimum Gasteiger partial charge on any atom is -0.326 e. The number of quaternary nitrogens is 2. The zero-order valence-corrected chi connectivity index (χ0v) is 9.32. The van der Waals surface area contributed by atoms with Crippen LogP contribution in [0.5, 0.6) is 0 Å². The van der Waals surface area contributed by atoms with E-state index < -0.39 is 0 Å². The molecule has 2 nitrogen and oxygen atoms in total. The van der Waals surface area contributed by atoms with Crippen LogP contribution in [0.25, 0.3) is 0 Å². The molecule has 1 aliphatic rings. The van der Waals surface area contributed by atoms with Crippen molar-refractivity contribution < 1.29 is 9.80 Å².